The van der Waals surface area contributed by atoms with E-state index in [0.29, 0.717) is 18.8 Å². The Labute approximate surface area is 140 Å². The molecule has 0 saturated carbocycles. The molecule has 2 unspecified atom stereocenters. The average Bonchev–Trinajstić information content (AvgIpc) is 2.60. The first-order valence-corrected chi connectivity index (χ1v) is 8.08. The molecule has 0 spiro atoms. The van der Waals surface area contributed by atoms with Crippen LogP contribution in [-0.2, 0) is 0 Å². The maximum Gasteiger partial charge on any atom is 0.182 e. The predicted molar refractivity (Wildman–Crippen MR) is 89.8 cm³/mol. The molecule has 0 radical (unpaired) electrons. The zero-order chi connectivity index (χ0) is 17.1. The number of nitrogens with zero attached hydrogens (tertiary/aromatic N) is 1. The third-order valence-electron chi connectivity index (χ3n) is 4.42. The summed E-state index contributed by atoms with van der Waals surface area (Å²) >= 11 is 0. The van der Waals surface area contributed by atoms with Gasteiger partial charge in [0, 0.05) is 37.6 Å². The Kier molecular flexibility index (Phi) is 4.88. The highest BCUT2D eigenvalue weighted by molar-refractivity contribution is 5.53. The van der Waals surface area contributed by atoms with Crippen LogP contribution in [0.5, 0.6) is 11.5 Å². The second-order valence-corrected chi connectivity index (χ2v) is 6.12. The molecule has 0 aliphatic carbocycles. The summed E-state index contributed by atoms with van der Waals surface area (Å²) in [6.45, 7) is 3.26. The number of benzene rings is 2. The number of rotatable bonds is 4. The first-order chi connectivity index (χ1) is 11.6. The molecule has 1 aliphatic heterocycles. The van der Waals surface area contributed by atoms with E-state index in [2.05, 4.69) is 6.92 Å². The number of para-hydroxylation sites is 1. The molecule has 5 heteroatoms. The van der Waals surface area contributed by atoms with Crippen molar-refractivity contribution < 1.29 is 18.3 Å². The maximum atomic E-state index is 14.2. The van der Waals surface area contributed by atoms with E-state index in [1.54, 1.807) is 6.07 Å². The molecule has 0 aromatic heterocycles. The van der Waals surface area contributed by atoms with Gasteiger partial charge in [-0.3, -0.25) is 0 Å². The van der Waals surface area contributed by atoms with Crippen molar-refractivity contribution in [3.63, 3.8) is 0 Å². The van der Waals surface area contributed by atoms with Crippen LogP contribution in [0.1, 0.15) is 13.3 Å². The summed E-state index contributed by atoms with van der Waals surface area (Å²) < 4.78 is 39.0. The molecule has 3 rings (SSSR count). The molecule has 1 fully saturated rings. The molecule has 0 bridgehead atoms. The van der Waals surface area contributed by atoms with Crippen molar-refractivity contribution in [3.05, 3.63) is 54.1 Å². The highest BCUT2D eigenvalue weighted by Crippen LogP contribution is 2.32. The second kappa shape index (κ2) is 7.07. The lowest BCUT2D eigenvalue weighted by Crippen LogP contribution is -2.44. The Balaban J connectivity index is 1.73. The van der Waals surface area contributed by atoms with Gasteiger partial charge >= 0.3 is 0 Å². The van der Waals surface area contributed by atoms with Crippen molar-refractivity contribution in [2.75, 3.05) is 25.1 Å². The van der Waals surface area contributed by atoms with Gasteiger partial charge in [0.05, 0.1) is 12.8 Å². The van der Waals surface area contributed by atoms with Crippen molar-refractivity contribution in [1.29, 1.82) is 0 Å². The highest BCUT2D eigenvalue weighted by atomic mass is 19.2. The second-order valence-electron chi connectivity index (χ2n) is 6.12. The van der Waals surface area contributed by atoms with E-state index in [1.807, 2.05) is 35.2 Å². The summed E-state index contributed by atoms with van der Waals surface area (Å²) in [4.78, 5) is 1.86. The number of hydrogen-bond donors (Lipinski definition) is 0. The first-order valence-electron chi connectivity index (χ1n) is 8.08. The number of piperidine rings is 1. The molecule has 1 heterocycles. The molecule has 3 nitrogen and oxygen atoms in total. The Morgan fingerprint density at radius 1 is 1.08 bits per heavy atom. The van der Waals surface area contributed by atoms with Crippen LogP contribution in [0.25, 0.3) is 0 Å². The van der Waals surface area contributed by atoms with Crippen LogP contribution < -0.4 is 14.4 Å². The van der Waals surface area contributed by atoms with Gasteiger partial charge in [-0.1, -0.05) is 25.1 Å². The molecule has 24 heavy (non-hydrogen) atoms. The molecule has 1 saturated heterocycles. The maximum absolute atomic E-state index is 14.2. The number of anilines is 1. The zero-order valence-electron chi connectivity index (χ0n) is 13.8. The molecule has 128 valence electrons. The Morgan fingerprint density at radius 3 is 2.50 bits per heavy atom. The quantitative estimate of drug-likeness (QED) is 0.834. The molecule has 2 atom stereocenters. The van der Waals surface area contributed by atoms with Crippen molar-refractivity contribution in [1.82, 2.24) is 0 Å². The van der Waals surface area contributed by atoms with Crippen molar-refractivity contribution in [2.24, 2.45) is 5.92 Å². The monoisotopic (exact) mass is 333 g/mol. The van der Waals surface area contributed by atoms with Gasteiger partial charge in [-0.2, -0.15) is 0 Å². The highest BCUT2D eigenvalue weighted by Gasteiger charge is 2.30. The van der Waals surface area contributed by atoms with Gasteiger partial charge in [-0.25, -0.2) is 8.78 Å². The standard InChI is InChI=1S/C19H21F2NO2/c1-13-12-22(17-11-15(23-2)10-16(20)19(17)21)9-8-18(13)24-14-6-4-3-5-7-14/h3-7,10-11,13,18H,8-9,12H2,1-2H3. The van der Waals surface area contributed by atoms with Crippen molar-refractivity contribution in [2.45, 2.75) is 19.4 Å². The summed E-state index contributed by atoms with van der Waals surface area (Å²) in [6.07, 6.45) is 0.802. The number of methoxy groups -OCH3 is 1. The molecular formula is C19H21F2NO2. The fourth-order valence-electron chi connectivity index (χ4n) is 3.09. The van der Waals surface area contributed by atoms with Gasteiger partial charge in [-0.15, -0.1) is 0 Å². The van der Waals surface area contributed by atoms with Gasteiger partial charge in [0.25, 0.3) is 0 Å². The summed E-state index contributed by atoms with van der Waals surface area (Å²) in [6, 6.07) is 12.3. The van der Waals surface area contributed by atoms with Crippen LogP contribution in [0.4, 0.5) is 14.5 Å². The van der Waals surface area contributed by atoms with Crippen LogP contribution in [0.3, 0.4) is 0 Å². The van der Waals surface area contributed by atoms with Gasteiger partial charge in [0.2, 0.25) is 0 Å². The van der Waals surface area contributed by atoms with E-state index >= 15 is 0 Å². The van der Waals surface area contributed by atoms with Crippen LogP contribution >= 0.6 is 0 Å². The number of hydrogen-bond acceptors (Lipinski definition) is 3. The third kappa shape index (κ3) is 3.45. The van der Waals surface area contributed by atoms with E-state index in [0.717, 1.165) is 18.2 Å². The lowest BCUT2D eigenvalue weighted by molar-refractivity contribution is 0.121. The lowest BCUT2D eigenvalue weighted by atomic mass is 9.95. The fraction of sp³-hybridized carbons (Fsp3) is 0.368. The summed E-state index contributed by atoms with van der Waals surface area (Å²) in [5.41, 5.74) is 0.247. The molecule has 2 aromatic carbocycles. The Bertz CT molecular complexity index is 693. The summed E-state index contributed by atoms with van der Waals surface area (Å²) in [5.74, 6) is -0.377. The third-order valence-corrected chi connectivity index (χ3v) is 4.42. The first kappa shape index (κ1) is 16.6. The van der Waals surface area contributed by atoms with Crippen LogP contribution in [0.15, 0.2) is 42.5 Å². The number of ether oxygens (including phenoxy) is 2. The zero-order valence-corrected chi connectivity index (χ0v) is 13.8. The fourth-order valence-corrected chi connectivity index (χ4v) is 3.09. The molecule has 2 aromatic rings. The van der Waals surface area contributed by atoms with Crippen molar-refractivity contribution in [3.8, 4) is 11.5 Å². The molecule has 0 N–H and O–H groups in total. The minimum Gasteiger partial charge on any atom is -0.497 e. The minimum atomic E-state index is -0.889. The Hall–Kier alpha value is -2.30. The van der Waals surface area contributed by atoms with Gasteiger partial charge < -0.3 is 14.4 Å². The Morgan fingerprint density at radius 2 is 1.83 bits per heavy atom. The van der Waals surface area contributed by atoms with Gasteiger partial charge in [0.1, 0.15) is 17.6 Å². The summed E-state index contributed by atoms with van der Waals surface area (Å²) in [5, 5.41) is 0. The van der Waals surface area contributed by atoms with Crippen LogP contribution in [-0.4, -0.2) is 26.3 Å². The van der Waals surface area contributed by atoms with Gasteiger partial charge in [-0.05, 0) is 12.1 Å². The molecule has 1 aliphatic rings. The minimum absolute atomic E-state index is 0.0576. The van der Waals surface area contributed by atoms with Crippen LogP contribution in [0, 0.1) is 17.6 Å². The SMILES string of the molecule is COc1cc(F)c(F)c(N2CCC(Oc3ccccc3)C(C)C2)c1. The molecular weight excluding hydrogens is 312 g/mol. The predicted octanol–water partition coefficient (Wildman–Crippen LogP) is 4.27. The van der Waals surface area contributed by atoms with E-state index in [-0.39, 0.29) is 17.7 Å². The van der Waals surface area contributed by atoms with E-state index in [9.17, 15) is 8.78 Å². The van der Waals surface area contributed by atoms with Crippen molar-refractivity contribution >= 4 is 5.69 Å². The smallest absolute Gasteiger partial charge is 0.182 e. The lowest BCUT2D eigenvalue weighted by Gasteiger charge is -2.38. The largest absolute Gasteiger partial charge is 0.497 e. The normalized spacial score (nSPS) is 20.8. The van der Waals surface area contributed by atoms with Crippen LogP contribution in [0.2, 0.25) is 0 Å². The molecule has 0 amide bonds. The summed E-state index contributed by atoms with van der Waals surface area (Å²) in [7, 11) is 1.44. The number of halogens is 2. The van der Waals surface area contributed by atoms with E-state index < -0.39 is 11.6 Å². The van der Waals surface area contributed by atoms with Gasteiger partial charge in [0.15, 0.2) is 11.6 Å². The van der Waals surface area contributed by atoms with E-state index in [4.69, 9.17) is 9.47 Å². The topological polar surface area (TPSA) is 21.7 Å². The van der Waals surface area contributed by atoms with E-state index in [1.165, 1.54) is 7.11 Å². The average molecular weight is 333 g/mol.